The van der Waals surface area contributed by atoms with Gasteiger partial charge in [-0.05, 0) is 31.3 Å². The standard InChI is InChI=1S/C12H18/c1-6-8-12(9-7-2)11(5)10(3)4/h6-7,12H,1-3,5,8-9H2,4H3. The summed E-state index contributed by atoms with van der Waals surface area (Å²) in [7, 11) is 0. The van der Waals surface area contributed by atoms with E-state index < -0.39 is 0 Å². The van der Waals surface area contributed by atoms with Crippen LogP contribution in [-0.4, -0.2) is 0 Å². The molecule has 0 rings (SSSR count). The van der Waals surface area contributed by atoms with E-state index in [0.29, 0.717) is 5.92 Å². The zero-order valence-electron chi connectivity index (χ0n) is 7.97. The highest BCUT2D eigenvalue weighted by Crippen LogP contribution is 2.23. The summed E-state index contributed by atoms with van der Waals surface area (Å²) in [5.41, 5.74) is 2.18. The molecule has 0 unspecified atom stereocenters. The zero-order chi connectivity index (χ0) is 9.56. The van der Waals surface area contributed by atoms with E-state index >= 15 is 0 Å². The first-order chi connectivity index (χ1) is 5.63. The predicted octanol–water partition coefficient (Wildman–Crippen LogP) is 3.89. The van der Waals surface area contributed by atoms with Gasteiger partial charge in [-0.3, -0.25) is 0 Å². The van der Waals surface area contributed by atoms with Crippen LogP contribution in [0.3, 0.4) is 0 Å². The Hall–Kier alpha value is -1.04. The van der Waals surface area contributed by atoms with Gasteiger partial charge in [-0.1, -0.05) is 30.9 Å². The molecule has 0 aromatic carbocycles. The molecule has 12 heavy (non-hydrogen) atoms. The second-order valence-corrected chi connectivity index (χ2v) is 3.05. The molecule has 0 heterocycles. The molecule has 0 bridgehead atoms. The summed E-state index contributed by atoms with van der Waals surface area (Å²) in [5.74, 6) is 0.442. The Kier molecular flexibility index (Phi) is 5.11. The summed E-state index contributed by atoms with van der Waals surface area (Å²) in [4.78, 5) is 0. The molecule has 0 N–H and O–H groups in total. The minimum atomic E-state index is 0.442. The fourth-order valence-corrected chi connectivity index (χ4v) is 1.13. The lowest BCUT2D eigenvalue weighted by atomic mass is 9.90. The van der Waals surface area contributed by atoms with Crippen molar-refractivity contribution >= 4 is 0 Å². The molecule has 0 saturated heterocycles. The van der Waals surface area contributed by atoms with Gasteiger partial charge in [0.15, 0.2) is 0 Å². The molecule has 0 atom stereocenters. The Bertz CT molecular complexity index is 186. The van der Waals surface area contributed by atoms with Gasteiger partial charge >= 0.3 is 0 Å². The normalized spacial score (nSPS) is 9.50. The summed E-state index contributed by atoms with van der Waals surface area (Å²) >= 11 is 0. The molecule has 0 aromatic heterocycles. The maximum absolute atomic E-state index is 4.00. The van der Waals surface area contributed by atoms with Crippen molar-refractivity contribution in [2.45, 2.75) is 19.8 Å². The van der Waals surface area contributed by atoms with Gasteiger partial charge in [-0.15, -0.1) is 13.2 Å². The average molecular weight is 162 g/mol. The largest absolute Gasteiger partial charge is 0.103 e. The molecule has 0 aromatic rings. The molecule has 0 heteroatoms. The first kappa shape index (κ1) is 11.0. The van der Waals surface area contributed by atoms with Crippen molar-refractivity contribution < 1.29 is 0 Å². The van der Waals surface area contributed by atoms with Gasteiger partial charge in [-0.2, -0.15) is 0 Å². The lowest BCUT2D eigenvalue weighted by Crippen LogP contribution is -2.01. The molecule has 0 radical (unpaired) electrons. The lowest BCUT2D eigenvalue weighted by molar-refractivity contribution is 0.644. The highest BCUT2D eigenvalue weighted by Gasteiger charge is 2.08. The predicted molar refractivity (Wildman–Crippen MR) is 57.1 cm³/mol. The second-order valence-electron chi connectivity index (χ2n) is 3.05. The van der Waals surface area contributed by atoms with Crippen molar-refractivity contribution in [2.75, 3.05) is 0 Å². The third-order valence-electron chi connectivity index (χ3n) is 1.94. The Balaban J connectivity index is 4.26. The smallest absolute Gasteiger partial charge is 0.00965 e. The first-order valence-corrected chi connectivity index (χ1v) is 4.20. The van der Waals surface area contributed by atoms with E-state index in [1.54, 1.807) is 0 Å². The minimum absolute atomic E-state index is 0.442. The van der Waals surface area contributed by atoms with Crippen LogP contribution in [0.5, 0.6) is 0 Å². The molecular weight excluding hydrogens is 144 g/mol. The van der Waals surface area contributed by atoms with Gasteiger partial charge in [0.1, 0.15) is 0 Å². The number of hydrogen-bond acceptors (Lipinski definition) is 0. The fraction of sp³-hybridized carbons (Fsp3) is 0.333. The van der Waals surface area contributed by atoms with Gasteiger partial charge in [0.2, 0.25) is 0 Å². The molecule has 66 valence electrons. The summed E-state index contributed by atoms with van der Waals surface area (Å²) in [6.45, 7) is 17.3. The van der Waals surface area contributed by atoms with Crippen molar-refractivity contribution in [3.8, 4) is 0 Å². The SMILES string of the molecule is C=CCC(CC=C)C(=C)C(=C)C. The monoisotopic (exact) mass is 162 g/mol. The van der Waals surface area contributed by atoms with E-state index in [1.165, 1.54) is 0 Å². The van der Waals surface area contributed by atoms with Crippen LogP contribution in [0.4, 0.5) is 0 Å². The fourth-order valence-electron chi connectivity index (χ4n) is 1.13. The molecule has 0 spiro atoms. The first-order valence-electron chi connectivity index (χ1n) is 4.20. The molecule has 0 saturated carbocycles. The molecule has 0 aliphatic rings. The van der Waals surface area contributed by atoms with Gasteiger partial charge in [0, 0.05) is 0 Å². The molecule has 0 aliphatic heterocycles. The van der Waals surface area contributed by atoms with Crippen molar-refractivity contribution in [1.29, 1.82) is 0 Å². The minimum Gasteiger partial charge on any atom is -0.103 e. The van der Waals surface area contributed by atoms with E-state index in [0.717, 1.165) is 24.0 Å². The van der Waals surface area contributed by atoms with Gasteiger partial charge in [0.25, 0.3) is 0 Å². The van der Waals surface area contributed by atoms with Crippen molar-refractivity contribution in [3.05, 3.63) is 49.6 Å². The van der Waals surface area contributed by atoms with Crippen LogP contribution in [0.2, 0.25) is 0 Å². The van der Waals surface area contributed by atoms with Gasteiger partial charge in [-0.25, -0.2) is 0 Å². The Morgan fingerprint density at radius 3 is 1.83 bits per heavy atom. The van der Waals surface area contributed by atoms with Crippen molar-refractivity contribution in [2.24, 2.45) is 5.92 Å². The van der Waals surface area contributed by atoms with Crippen LogP contribution in [0.1, 0.15) is 19.8 Å². The van der Waals surface area contributed by atoms with E-state index in [9.17, 15) is 0 Å². The molecule has 0 nitrogen and oxygen atoms in total. The van der Waals surface area contributed by atoms with Crippen LogP contribution in [-0.2, 0) is 0 Å². The Morgan fingerprint density at radius 2 is 1.58 bits per heavy atom. The summed E-state index contributed by atoms with van der Waals surface area (Å²) in [6.07, 6.45) is 5.75. The summed E-state index contributed by atoms with van der Waals surface area (Å²) in [5, 5.41) is 0. The Morgan fingerprint density at radius 1 is 1.17 bits per heavy atom. The van der Waals surface area contributed by atoms with Gasteiger partial charge < -0.3 is 0 Å². The maximum atomic E-state index is 4.00. The van der Waals surface area contributed by atoms with E-state index in [2.05, 4.69) is 26.3 Å². The topological polar surface area (TPSA) is 0 Å². The number of allylic oxidation sites excluding steroid dienone is 4. The van der Waals surface area contributed by atoms with E-state index in [4.69, 9.17) is 0 Å². The number of hydrogen-bond donors (Lipinski definition) is 0. The highest BCUT2D eigenvalue weighted by atomic mass is 14.1. The molecular formula is C12H18. The van der Waals surface area contributed by atoms with Crippen molar-refractivity contribution in [3.63, 3.8) is 0 Å². The van der Waals surface area contributed by atoms with Crippen LogP contribution < -0.4 is 0 Å². The van der Waals surface area contributed by atoms with Crippen LogP contribution in [0, 0.1) is 5.92 Å². The average Bonchev–Trinajstić information content (AvgIpc) is 2.03. The quantitative estimate of drug-likeness (QED) is 0.410. The highest BCUT2D eigenvalue weighted by molar-refractivity contribution is 5.26. The van der Waals surface area contributed by atoms with Crippen molar-refractivity contribution in [1.82, 2.24) is 0 Å². The Labute approximate surface area is 76.0 Å². The summed E-state index contributed by atoms with van der Waals surface area (Å²) in [6, 6.07) is 0. The van der Waals surface area contributed by atoms with E-state index in [1.807, 2.05) is 19.1 Å². The maximum Gasteiger partial charge on any atom is -0.00965 e. The van der Waals surface area contributed by atoms with Gasteiger partial charge in [0.05, 0.1) is 0 Å². The van der Waals surface area contributed by atoms with Crippen LogP contribution >= 0.6 is 0 Å². The lowest BCUT2D eigenvalue weighted by Gasteiger charge is -2.15. The third-order valence-corrected chi connectivity index (χ3v) is 1.94. The molecule has 0 aliphatic carbocycles. The molecule has 0 amide bonds. The van der Waals surface area contributed by atoms with Crippen LogP contribution in [0.25, 0.3) is 0 Å². The summed E-state index contributed by atoms with van der Waals surface area (Å²) < 4.78 is 0. The second kappa shape index (κ2) is 5.59. The third kappa shape index (κ3) is 3.38. The van der Waals surface area contributed by atoms with Crippen LogP contribution in [0.15, 0.2) is 49.6 Å². The zero-order valence-corrected chi connectivity index (χ0v) is 7.97. The van der Waals surface area contributed by atoms with E-state index in [-0.39, 0.29) is 0 Å². The molecule has 0 fully saturated rings. The number of rotatable bonds is 6.